The Hall–Kier alpha value is -7.88. The molecular formula is C56H32O3. The average Bonchev–Trinajstić information content (AvgIpc) is 4.02. The Kier molecular flexibility index (Phi) is 6.72. The van der Waals surface area contributed by atoms with Gasteiger partial charge in [-0.3, -0.25) is 0 Å². The van der Waals surface area contributed by atoms with Gasteiger partial charge in [0, 0.05) is 60.6 Å². The number of benzene rings is 10. The van der Waals surface area contributed by atoms with Crippen molar-refractivity contribution in [2.24, 2.45) is 0 Å². The van der Waals surface area contributed by atoms with Crippen LogP contribution in [0.4, 0.5) is 0 Å². The summed E-state index contributed by atoms with van der Waals surface area (Å²) in [7, 11) is 0. The molecule has 0 bridgehead atoms. The molecule has 274 valence electrons. The zero-order valence-electron chi connectivity index (χ0n) is 31.7. The number of rotatable bonds is 4. The van der Waals surface area contributed by atoms with Gasteiger partial charge in [0.15, 0.2) is 0 Å². The largest absolute Gasteiger partial charge is 0.456 e. The quantitative estimate of drug-likeness (QED) is 0.168. The monoisotopic (exact) mass is 752 g/mol. The fourth-order valence-corrected chi connectivity index (χ4v) is 9.76. The summed E-state index contributed by atoms with van der Waals surface area (Å²) in [5, 5.41) is 12.3. The molecule has 0 amide bonds. The van der Waals surface area contributed by atoms with E-state index in [4.69, 9.17) is 13.3 Å². The van der Waals surface area contributed by atoms with Gasteiger partial charge in [-0.15, -0.1) is 0 Å². The van der Waals surface area contributed by atoms with Crippen molar-refractivity contribution in [2.75, 3.05) is 0 Å². The number of hydrogen-bond donors (Lipinski definition) is 0. The fourth-order valence-electron chi connectivity index (χ4n) is 9.76. The van der Waals surface area contributed by atoms with Crippen LogP contribution in [0.25, 0.3) is 132 Å². The van der Waals surface area contributed by atoms with Crippen LogP contribution in [0.15, 0.2) is 207 Å². The van der Waals surface area contributed by atoms with E-state index >= 15 is 0 Å². The molecule has 0 aliphatic carbocycles. The molecule has 0 atom stereocenters. The number of furan rings is 3. The van der Waals surface area contributed by atoms with Gasteiger partial charge in [0.2, 0.25) is 0 Å². The molecule has 0 aliphatic heterocycles. The van der Waals surface area contributed by atoms with Crippen LogP contribution in [0.1, 0.15) is 0 Å². The van der Waals surface area contributed by atoms with Crippen LogP contribution < -0.4 is 0 Å². The molecule has 0 unspecified atom stereocenters. The van der Waals surface area contributed by atoms with Crippen molar-refractivity contribution in [2.45, 2.75) is 0 Å². The van der Waals surface area contributed by atoms with Crippen molar-refractivity contribution in [1.82, 2.24) is 0 Å². The summed E-state index contributed by atoms with van der Waals surface area (Å²) in [4.78, 5) is 0. The topological polar surface area (TPSA) is 39.4 Å². The lowest BCUT2D eigenvalue weighted by molar-refractivity contribution is 0.628. The first-order valence-corrected chi connectivity index (χ1v) is 20.1. The predicted molar refractivity (Wildman–Crippen MR) is 245 cm³/mol. The molecule has 0 radical (unpaired) electrons. The molecule has 0 saturated heterocycles. The highest BCUT2D eigenvalue weighted by atomic mass is 16.3. The molecule has 0 saturated carbocycles. The van der Waals surface area contributed by atoms with Crippen molar-refractivity contribution in [3.05, 3.63) is 194 Å². The number of hydrogen-bond acceptors (Lipinski definition) is 3. The van der Waals surface area contributed by atoms with Crippen molar-refractivity contribution >= 4 is 87.2 Å². The molecule has 3 heteroatoms. The van der Waals surface area contributed by atoms with Crippen molar-refractivity contribution in [3.8, 4) is 44.7 Å². The normalized spacial score (nSPS) is 12.1. The van der Waals surface area contributed by atoms with E-state index < -0.39 is 0 Å². The summed E-state index contributed by atoms with van der Waals surface area (Å²) in [6.07, 6.45) is 0. The Morgan fingerprint density at radius 3 is 1.64 bits per heavy atom. The van der Waals surface area contributed by atoms with Gasteiger partial charge >= 0.3 is 0 Å². The highest BCUT2D eigenvalue weighted by molar-refractivity contribution is 6.31. The minimum absolute atomic E-state index is 0.779. The van der Waals surface area contributed by atoms with Gasteiger partial charge in [0.1, 0.15) is 33.7 Å². The average molecular weight is 753 g/mol. The SMILES string of the molecule is c1ccc(-c2ccccc2-c2cc3c(-c4c5ccccc5c(-c5cccc6c5oc5c7ccccc7ccc65)c5ccccc45)c4c(cc3o2)oc2ccccc24)cc1. The summed E-state index contributed by atoms with van der Waals surface area (Å²) >= 11 is 0. The van der Waals surface area contributed by atoms with Gasteiger partial charge in [-0.25, -0.2) is 0 Å². The van der Waals surface area contributed by atoms with E-state index in [1.807, 2.05) is 6.07 Å². The summed E-state index contributed by atoms with van der Waals surface area (Å²) < 4.78 is 20.6. The third-order valence-corrected chi connectivity index (χ3v) is 12.3. The second kappa shape index (κ2) is 12.3. The van der Waals surface area contributed by atoms with E-state index in [1.165, 1.54) is 5.39 Å². The third-order valence-electron chi connectivity index (χ3n) is 12.3. The zero-order valence-corrected chi connectivity index (χ0v) is 31.7. The van der Waals surface area contributed by atoms with E-state index in [1.54, 1.807) is 0 Å². The molecule has 3 nitrogen and oxygen atoms in total. The first-order chi connectivity index (χ1) is 29.3. The summed E-state index contributed by atoms with van der Waals surface area (Å²) in [5.74, 6) is 0.812. The molecule has 10 aromatic carbocycles. The Labute approximate surface area is 337 Å². The molecule has 0 aliphatic rings. The van der Waals surface area contributed by atoms with Crippen molar-refractivity contribution in [3.63, 3.8) is 0 Å². The third kappa shape index (κ3) is 4.64. The molecule has 0 spiro atoms. The molecule has 59 heavy (non-hydrogen) atoms. The standard InChI is InChI=1S/C56H32O3/c1-2-15-33(16-3-1)35-18-6-7-20-37(35)48-31-46-49(58-48)32-50-53(44-25-12-13-28-47(44)57-50)54(46)52-40-23-10-8-21-38(40)51(39-22-9-11-24-41(39)52)45-27-14-26-42-43-30-29-34-17-4-5-19-36(34)55(43)59-56(42)45/h1-32H. The van der Waals surface area contributed by atoms with Crippen LogP contribution in [-0.4, -0.2) is 0 Å². The molecular weight excluding hydrogens is 721 g/mol. The number of para-hydroxylation sites is 2. The van der Waals surface area contributed by atoms with E-state index in [-0.39, 0.29) is 0 Å². The Balaban J connectivity index is 1.16. The first kappa shape index (κ1) is 32.2. The number of fused-ring (bicyclic) bond motifs is 11. The van der Waals surface area contributed by atoms with Crippen LogP contribution in [0.2, 0.25) is 0 Å². The minimum atomic E-state index is 0.779. The minimum Gasteiger partial charge on any atom is -0.456 e. The van der Waals surface area contributed by atoms with Gasteiger partial charge in [0.25, 0.3) is 0 Å². The van der Waals surface area contributed by atoms with E-state index in [9.17, 15) is 0 Å². The molecule has 3 aromatic heterocycles. The van der Waals surface area contributed by atoms with Gasteiger partial charge < -0.3 is 13.3 Å². The van der Waals surface area contributed by atoms with Gasteiger partial charge in [-0.05, 0) is 61.8 Å². The van der Waals surface area contributed by atoms with Crippen LogP contribution >= 0.6 is 0 Å². The lowest BCUT2D eigenvalue weighted by Gasteiger charge is -2.19. The fraction of sp³-hybridized carbons (Fsp3) is 0. The molecule has 3 heterocycles. The summed E-state index contributed by atoms with van der Waals surface area (Å²) in [6, 6.07) is 68.8. The maximum atomic E-state index is 6.98. The van der Waals surface area contributed by atoms with Crippen LogP contribution in [-0.2, 0) is 0 Å². The van der Waals surface area contributed by atoms with Gasteiger partial charge in [-0.1, -0.05) is 170 Å². The Bertz CT molecular complexity index is 3780. The molecule has 0 fully saturated rings. The second-order valence-corrected chi connectivity index (χ2v) is 15.4. The molecule has 0 N–H and O–H groups in total. The predicted octanol–water partition coefficient (Wildman–Crippen LogP) is 16.4. The van der Waals surface area contributed by atoms with E-state index in [0.29, 0.717) is 0 Å². The molecule has 13 rings (SSSR count). The smallest absolute Gasteiger partial charge is 0.143 e. The maximum absolute atomic E-state index is 6.98. The summed E-state index contributed by atoms with van der Waals surface area (Å²) in [5.41, 5.74) is 12.0. The molecule has 13 aromatic rings. The lowest BCUT2D eigenvalue weighted by Crippen LogP contribution is -1.92. The summed E-state index contributed by atoms with van der Waals surface area (Å²) in [6.45, 7) is 0. The van der Waals surface area contributed by atoms with E-state index in [0.717, 1.165) is 126 Å². The lowest BCUT2D eigenvalue weighted by atomic mass is 9.83. The zero-order chi connectivity index (χ0) is 38.6. The second-order valence-electron chi connectivity index (χ2n) is 15.4. The highest BCUT2D eigenvalue weighted by Crippen LogP contribution is 2.52. The Morgan fingerprint density at radius 1 is 0.271 bits per heavy atom. The van der Waals surface area contributed by atoms with Crippen LogP contribution in [0.5, 0.6) is 0 Å². The first-order valence-electron chi connectivity index (χ1n) is 20.1. The van der Waals surface area contributed by atoms with Crippen molar-refractivity contribution < 1.29 is 13.3 Å². The van der Waals surface area contributed by atoms with Gasteiger partial charge in [0.05, 0.1) is 0 Å². The maximum Gasteiger partial charge on any atom is 0.143 e. The van der Waals surface area contributed by atoms with Gasteiger partial charge in [-0.2, -0.15) is 0 Å². The van der Waals surface area contributed by atoms with E-state index in [2.05, 4.69) is 188 Å². The van der Waals surface area contributed by atoms with Crippen LogP contribution in [0.3, 0.4) is 0 Å². The Morgan fingerprint density at radius 2 is 0.864 bits per heavy atom. The highest BCUT2D eigenvalue weighted by Gasteiger charge is 2.26. The van der Waals surface area contributed by atoms with Crippen LogP contribution in [0, 0.1) is 0 Å². The van der Waals surface area contributed by atoms with Crippen molar-refractivity contribution in [1.29, 1.82) is 0 Å².